The maximum atomic E-state index is 10.2. The number of nitro groups is 1. The topological polar surface area (TPSA) is 43.1 Å². The Morgan fingerprint density at radius 1 is 1.31 bits per heavy atom. The Bertz CT molecular complexity index is 155. The molecule has 0 aromatic heterocycles. The van der Waals surface area contributed by atoms with Crippen molar-refractivity contribution in [1.82, 2.24) is 0 Å². The molecule has 0 aliphatic heterocycles. The molecule has 0 aromatic rings. The van der Waals surface area contributed by atoms with Gasteiger partial charge in [0, 0.05) is 4.92 Å². The van der Waals surface area contributed by atoms with E-state index < -0.39 is 15.8 Å². The van der Waals surface area contributed by atoms with Crippen LogP contribution in [0.1, 0.15) is 39.0 Å². The lowest BCUT2D eigenvalue weighted by atomic mass is 10.1. The highest BCUT2D eigenvalue weighted by Gasteiger charge is 2.25. The molecule has 13 heavy (non-hydrogen) atoms. The Morgan fingerprint density at radius 3 is 2.38 bits per heavy atom. The van der Waals surface area contributed by atoms with Gasteiger partial charge in [0.2, 0.25) is 0 Å². The molecule has 0 aliphatic carbocycles. The van der Waals surface area contributed by atoms with Gasteiger partial charge >= 0.3 is 5.50 Å². The Balaban J connectivity index is 3.50. The first-order chi connectivity index (χ1) is 6.09. The average molecular weight is 228 g/mol. The summed E-state index contributed by atoms with van der Waals surface area (Å²) >= 11 is 11.2. The largest absolute Gasteiger partial charge is 0.302 e. The molecule has 0 aromatic carbocycles. The van der Waals surface area contributed by atoms with E-state index in [1.54, 1.807) is 0 Å². The minimum absolute atomic E-state index is 0.543. The van der Waals surface area contributed by atoms with Gasteiger partial charge < -0.3 is 0 Å². The molecule has 0 rings (SSSR count). The van der Waals surface area contributed by atoms with Crippen LogP contribution in [-0.4, -0.2) is 15.8 Å². The molecule has 0 aliphatic rings. The summed E-state index contributed by atoms with van der Waals surface area (Å²) in [4.78, 5) is 9.68. The zero-order valence-corrected chi connectivity index (χ0v) is 9.22. The summed E-state index contributed by atoms with van der Waals surface area (Å²) in [7, 11) is 0. The van der Waals surface area contributed by atoms with Crippen molar-refractivity contribution in [2.45, 2.75) is 49.9 Å². The molecular weight excluding hydrogens is 213 g/mol. The quantitative estimate of drug-likeness (QED) is 0.220. The van der Waals surface area contributed by atoms with E-state index in [2.05, 4.69) is 6.92 Å². The number of hydrogen-bond donors (Lipinski definition) is 0. The van der Waals surface area contributed by atoms with Gasteiger partial charge in [0.05, 0.1) is 0 Å². The standard InChI is InChI=1S/C8H15Cl2NO2/c1-2-3-4-5-6-7(9)8(10)11(12)13/h7-8H,2-6H2,1H3. The van der Waals surface area contributed by atoms with E-state index >= 15 is 0 Å². The van der Waals surface area contributed by atoms with E-state index in [9.17, 15) is 10.1 Å². The summed E-state index contributed by atoms with van der Waals surface area (Å²) in [6, 6.07) is 0. The number of hydrogen-bond acceptors (Lipinski definition) is 2. The zero-order valence-electron chi connectivity index (χ0n) is 7.71. The van der Waals surface area contributed by atoms with Crippen molar-refractivity contribution in [2.75, 3.05) is 0 Å². The Labute approximate surface area is 88.6 Å². The Kier molecular flexibility index (Phi) is 7.38. The molecule has 2 atom stereocenters. The number of alkyl halides is 2. The van der Waals surface area contributed by atoms with Gasteiger partial charge in [-0.05, 0) is 18.0 Å². The molecule has 0 N–H and O–H groups in total. The van der Waals surface area contributed by atoms with E-state index in [-0.39, 0.29) is 0 Å². The van der Waals surface area contributed by atoms with Crippen LogP contribution in [0.5, 0.6) is 0 Å². The monoisotopic (exact) mass is 227 g/mol. The highest BCUT2D eigenvalue weighted by Crippen LogP contribution is 2.17. The molecule has 0 saturated heterocycles. The van der Waals surface area contributed by atoms with Crippen LogP contribution in [-0.2, 0) is 0 Å². The van der Waals surface area contributed by atoms with Crippen LogP contribution < -0.4 is 0 Å². The second-order valence-corrected chi connectivity index (χ2v) is 4.03. The second kappa shape index (κ2) is 7.39. The fourth-order valence-electron chi connectivity index (χ4n) is 1.04. The highest BCUT2D eigenvalue weighted by atomic mass is 35.5. The van der Waals surface area contributed by atoms with Crippen LogP contribution in [0.3, 0.4) is 0 Å². The molecule has 0 fully saturated rings. The molecule has 3 nitrogen and oxygen atoms in total. The van der Waals surface area contributed by atoms with E-state index in [1.165, 1.54) is 0 Å². The van der Waals surface area contributed by atoms with Crippen LogP contribution in [0.4, 0.5) is 0 Å². The molecule has 0 bridgehead atoms. The summed E-state index contributed by atoms with van der Waals surface area (Å²) in [5.41, 5.74) is -1.15. The molecule has 0 saturated carbocycles. The first-order valence-electron chi connectivity index (χ1n) is 4.51. The molecule has 0 heterocycles. The summed E-state index contributed by atoms with van der Waals surface area (Å²) in [5.74, 6) is 0. The third kappa shape index (κ3) is 6.11. The van der Waals surface area contributed by atoms with E-state index in [0.717, 1.165) is 25.7 Å². The third-order valence-corrected chi connectivity index (χ3v) is 2.88. The highest BCUT2D eigenvalue weighted by molar-refractivity contribution is 6.29. The fraction of sp³-hybridized carbons (Fsp3) is 1.00. The van der Waals surface area contributed by atoms with Gasteiger partial charge in [0.15, 0.2) is 0 Å². The lowest BCUT2D eigenvalue weighted by Crippen LogP contribution is -2.23. The summed E-state index contributed by atoms with van der Waals surface area (Å²) in [6.45, 7) is 2.11. The Hall–Kier alpha value is -0.0200. The third-order valence-electron chi connectivity index (χ3n) is 1.83. The maximum absolute atomic E-state index is 10.2. The molecule has 0 radical (unpaired) electrons. The van der Waals surface area contributed by atoms with Gasteiger partial charge in [0.25, 0.3) is 0 Å². The van der Waals surface area contributed by atoms with Crippen molar-refractivity contribution in [1.29, 1.82) is 0 Å². The van der Waals surface area contributed by atoms with Crippen molar-refractivity contribution in [2.24, 2.45) is 0 Å². The molecule has 0 amide bonds. The number of nitrogens with zero attached hydrogens (tertiary/aromatic N) is 1. The van der Waals surface area contributed by atoms with Gasteiger partial charge in [-0.25, -0.2) is 0 Å². The Morgan fingerprint density at radius 2 is 1.92 bits per heavy atom. The minimum atomic E-state index is -1.15. The van der Waals surface area contributed by atoms with Crippen LogP contribution in [0.25, 0.3) is 0 Å². The SMILES string of the molecule is CCCCCCC(Cl)C(Cl)[N+](=O)[O-]. The van der Waals surface area contributed by atoms with E-state index in [4.69, 9.17) is 23.2 Å². The van der Waals surface area contributed by atoms with Gasteiger partial charge in [-0.2, -0.15) is 0 Å². The number of unbranched alkanes of at least 4 members (excludes halogenated alkanes) is 3. The van der Waals surface area contributed by atoms with Crippen molar-refractivity contribution < 1.29 is 4.92 Å². The summed E-state index contributed by atoms with van der Waals surface area (Å²) < 4.78 is 0. The van der Waals surface area contributed by atoms with Crippen molar-refractivity contribution >= 4 is 23.2 Å². The maximum Gasteiger partial charge on any atom is 0.302 e. The normalized spacial score (nSPS) is 15.3. The molecule has 0 spiro atoms. The lowest BCUT2D eigenvalue weighted by molar-refractivity contribution is -0.498. The van der Waals surface area contributed by atoms with Crippen molar-refractivity contribution in [3.63, 3.8) is 0 Å². The fourth-order valence-corrected chi connectivity index (χ4v) is 1.41. The second-order valence-electron chi connectivity index (χ2n) is 3.02. The van der Waals surface area contributed by atoms with Crippen molar-refractivity contribution in [3.8, 4) is 0 Å². The van der Waals surface area contributed by atoms with E-state index in [0.29, 0.717) is 6.42 Å². The number of rotatable bonds is 7. The summed E-state index contributed by atoms with van der Waals surface area (Å²) in [6.07, 6.45) is 4.90. The minimum Gasteiger partial charge on any atom is -0.263 e. The number of halogens is 2. The molecule has 2 unspecified atom stereocenters. The van der Waals surface area contributed by atoms with Gasteiger partial charge in [-0.3, -0.25) is 10.1 Å². The van der Waals surface area contributed by atoms with E-state index in [1.807, 2.05) is 0 Å². The predicted octanol–water partition coefficient (Wildman–Crippen LogP) is 3.41. The first kappa shape index (κ1) is 13.0. The van der Waals surface area contributed by atoms with Crippen LogP contribution in [0.2, 0.25) is 0 Å². The van der Waals surface area contributed by atoms with Crippen LogP contribution >= 0.6 is 23.2 Å². The van der Waals surface area contributed by atoms with Gasteiger partial charge in [0.1, 0.15) is 5.38 Å². The lowest BCUT2D eigenvalue weighted by Gasteiger charge is -2.08. The van der Waals surface area contributed by atoms with Gasteiger partial charge in [-0.1, -0.05) is 32.6 Å². The van der Waals surface area contributed by atoms with Crippen LogP contribution in [0.15, 0.2) is 0 Å². The van der Waals surface area contributed by atoms with Crippen molar-refractivity contribution in [3.05, 3.63) is 10.1 Å². The van der Waals surface area contributed by atoms with Crippen LogP contribution in [0, 0.1) is 10.1 Å². The molecular formula is C8H15Cl2NO2. The average Bonchev–Trinajstić information content (AvgIpc) is 2.10. The van der Waals surface area contributed by atoms with Gasteiger partial charge in [-0.15, -0.1) is 11.6 Å². The first-order valence-corrected chi connectivity index (χ1v) is 5.38. The predicted molar refractivity (Wildman–Crippen MR) is 55.0 cm³/mol. The molecule has 5 heteroatoms. The zero-order chi connectivity index (χ0) is 10.3. The molecule has 78 valence electrons. The summed E-state index contributed by atoms with van der Waals surface area (Å²) in [5, 5.41) is 9.67. The smallest absolute Gasteiger partial charge is 0.263 e.